The minimum absolute atomic E-state index is 0.620. The molecule has 0 aromatic heterocycles. The molecule has 1 heteroatoms. The van der Waals surface area contributed by atoms with Gasteiger partial charge in [0, 0.05) is 7.05 Å². The van der Waals surface area contributed by atoms with Crippen LogP contribution in [0.1, 0.15) is 0 Å². The normalized spacial score (nSPS) is 6.00. The molecule has 0 saturated heterocycles. The molecule has 0 amide bonds. The molecular weight excluding hydrogens is 74.1 g/mol. The van der Waals surface area contributed by atoms with E-state index in [1.807, 2.05) is 0 Å². The van der Waals surface area contributed by atoms with Crippen molar-refractivity contribution in [3.05, 3.63) is 12.3 Å². The summed E-state index contributed by atoms with van der Waals surface area (Å²) in [6, 6.07) is 0. The minimum atomic E-state index is 0.620. The highest BCUT2D eigenvalue weighted by atomic mass is 14.8. The van der Waals surface area contributed by atoms with Crippen LogP contribution in [-0.2, 0) is 0 Å². The monoisotopic (exact) mass is 81.1 g/mol. The van der Waals surface area contributed by atoms with E-state index in [0.717, 1.165) is 0 Å². The SMILES string of the molecule is C#CC(=C)NC. The maximum Gasteiger partial charge on any atom is 0.0775 e. The Hall–Kier alpha value is -0.900. The molecule has 0 saturated carbocycles. The first-order chi connectivity index (χ1) is 2.81. The van der Waals surface area contributed by atoms with Crippen molar-refractivity contribution in [1.82, 2.24) is 5.32 Å². The lowest BCUT2D eigenvalue weighted by molar-refractivity contribution is 1.05. The maximum atomic E-state index is 4.87. The van der Waals surface area contributed by atoms with E-state index in [4.69, 9.17) is 6.42 Å². The predicted octanol–water partition coefficient (Wildman–Crippen LogP) is 0.353. The van der Waals surface area contributed by atoms with E-state index in [1.165, 1.54) is 0 Å². The molecule has 0 unspecified atom stereocenters. The van der Waals surface area contributed by atoms with Gasteiger partial charge in [-0.15, -0.1) is 6.42 Å². The van der Waals surface area contributed by atoms with Crippen molar-refractivity contribution < 1.29 is 0 Å². The lowest BCUT2D eigenvalue weighted by atomic mass is 10.5. The van der Waals surface area contributed by atoms with Crippen molar-refractivity contribution in [1.29, 1.82) is 0 Å². The van der Waals surface area contributed by atoms with E-state index in [9.17, 15) is 0 Å². The first-order valence-corrected chi connectivity index (χ1v) is 1.64. The van der Waals surface area contributed by atoms with Gasteiger partial charge < -0.3 is 5.32 Å². The van der Waals surface area contributed by atoms with Gasteiger partial charge in [0.2, 0.25) is 0 Å². The zero-order chi connectivity index (χ0) is 4.99. The van der Waals surface area contributed by atoms with Gasteiger partial charge in [0.05, 0.1) is 5.70 Å². The van der Waals surface area contributed by atoms with Crippen LogP contribution in [0.2, 0.25) is 0 Å². The molecule has 6 heavy (non-hydrogen) atoms. The molecule has 0 heterocycles. The molecule has 0 fully saturated rings. The zero-order valence-electron chi connectivity index (χ0n) is 3.78. The molecule has 32 valence electrons. The predicted molar refractivity (Wildman–Crippen MR) is 27.0 cm³/mol. The van der Waals surface area contributed by atoms with Gasteiger partial charge in [-0.05, 0) is 0 Å². The highest BCUT2D eigenvalue weighted by Crippen LogP contribution is 1.69. The highest BCUT2D eigenvalue weighted by molar-refractivity contribution is 5.18. The van der Waals surface area contributed by atoms with Crippen LogP contribution < -0.4 is 5.32 Å². The van der Waals surface area contributed by atoms with E-state index in [-0.39, 0.29) is 0 Å². The second kappa shape index (κ2) is 2.34. The molecule has 1 N–H and O–H groups in total. The summed E-state index contributed by atoms with van der Waals surface area (Å²) in [5, 5.41) is 2.68. The quantitative estimate of drug-likeness (QED) is 0.449. The van der Waals surface area contributed by atoms with Crippen molar-refractivity contribution in [2.45, 2.75) is 0 Å². The molecule has 0 aliphatic heterocycles. The van der Waals surface area contributed by atoms with Gasteiger partial charge >= 0.3 is 0 Å². The topological polar surface area (TPSA) is 12.0 Å². The van der Waals surface area contributed by atoms with Crippen LogP contribution in [0, 0.1) is 12.3 Å². The molecule has 0 aromatic rings. The average Bonchev–Trinajstić information content (AvgIpc) is 1.65. The lowest BCUT2D eigenvalue weighted by Crippen LogP contribution is -2.00. The molecule has 0 atom stereocenters. The lowest BCUT2D eigenvalue weighted by Gasteiger charge is -1.87. The van der Waals surface area contributed by atoms with E-state index in [1.54, 1.807) is 7.05 Å². The summed E-state index contributed by atoms with van der Waals surface area (Å²) in [7, 11) is 1.74. The summed E-state index contributed by atoms with van der Waals surface area (Å²) in [5.41, 5.74) is 0.620. The van der Waals surface area contributed by atoms with Crippen molar-refractivity contribution in [2.24, 2.45) is 0 Å². The van der Waals surface area contributed by atoms with Crippen LogP contribution >= 0.6 is 0 Å². The summed E-state index contributed by atoms with van der Waals surface area (Å²) in [4.78, 5) is 0. The Balaban J connectivity index is 3.33. The molecule has 0 rings (SSSR count). The number of allylic oxidation sites excluding steroid dienone is 1. The van der Waals surface area contributed by atoms with Gasteiger partial charge in [-0.25, -0.2) is 0 Å². The first-order valence-electron chi connectivity index (χ1n) is 1.64. The van der Waals surface area contributed by atoms with Gasteiger partial charge in [-0.3, -0.25) is 0 Å². The summed E-state index contributed by atoms with van der Waals surface area (Å²) >= 11 is 0. The maximum absolute atomic E-state index is 4.87. The van der Waals surface area contributed by atoms with Crippen LogP contribution in [0.5, 0.6) is 0 Å². The number of rotatable bonds is 1. The van der Waals surface area contributed by atoms with Crippen molar-refractivity contribution in [2.75, 3.05) is 7.05 Å². The first kappa shape index (κ1) is 5.10. The number of terminal acetylenes is 1. The Morgan fingerprint density at radius 2 is 2.50 bits per heavy atom. The Morgan fingerprint density at radius 1 is 2.00 bits per heavy atom. The summed E-state index contributed by atoms with van der Waals surface area (Å²) in [6.07, 6.45) is 4.87. The zero-order valence-corrected chi connectivity index (χ0v) is 3.78. The Bertz CT molecular complexity index is 86.6. The van der Waals surface area contributed by atoms with Gasteiger partial charge in [-0.1, -0.05) is 12.5 Å². The van der Waals surface area contributed by atoms with Gasteiger partial charge in [0.15, 0.2) is 0 Å². The number of hydrogen-bond acceptors (Lipinski definition) is 1. The molecule has 0 radical (unpaired) electrons. The molecule has 0 spiro atoms. The standard InChI is InChI=1S/C5H7N/c1-4-5(2)6-3/h1,6H,2H2,3H3. The van der Waals surface area contributed by atoms with Crippen LogP contribution in [0.4, 0.5) is 0 Å². The number of hydrogen-bond donors (Lipinski definition) is 1. The van der Waals surface area contributed by atoms with E-state index in [0.29, 0.717) is 5.70 Å². The smallest absolute Gasteiger partial charge is 0.0775 e. The average molecular weight is 81.1 g/mol. The van der Waals surface area contributed by atoms with Crippen LogP contribution in [0.25, 0.3) is 0 Å². The molecular formula is C5H7N. The third-order valence-corrected chi connectivity index (χ3v) is 0.476. The van der Waals surface area contributed by atoms with E-state index >= 15 is 0 Å². The van der Waals surface area contributed by atoms with Crippen molar-refractivity contribution in [3.63, 3.8) is 0 Å². The van der Waals surface area contributed by atoms with Crippen molar-refractivity contribution >= 4 is 0 Å². The Kier molecular flexibility index (Phi) is 1.99. The molecule has 0 aliphatic rings. The second-order valence-electron chi connectivity index (χ2n) is 0.873. The van der Waals surface area contributed by atoms with E-state index in [2.05, 4.69) is 17.8 Å². The third kappa shape index (κ3) is 1.42. The highest BCUT2D eigenvalue weighted by Gasteiger charge is 1.69. The van der Waals surface area contributed by atoms with Crippen molar-refractivity contribution in [3.8, 4) is 12.3 Å². The van der Waals surface area contributed by atoms with Gasteiger partial charge in [0.25, 0.3) is 0 Å². The van der Waals surface area contributed by atoms with Crippen LogP contribution in [0.15, 0.2) is 12.3 Å². The second-order valence-corrected chi connectivity index (χ2v) is 0.873. The van der Waals surface area contributed by atoms with Crippen LogP contribution in [-0.4, -0.2) is 7.05 Å². The largest absolute Gasteiger partial charge is 0.382 e. The van der Waals surface area contributed by atoms with E-state index < -0.39 is 0 Å². The summed E-state index contributed by atoms with van der Waals surface area (Å²) in [6.45, 7) is 3.44. The Labute approximate surface area is 38.1 Å². The third-order valence-electron chi connectivity index (χ3n) is 0.476. The summed E-state index contributed by atoms with van der Waals surface area (Å²) in [5.74, 6) is 2.31. The number of nitrogens with one attached hydrogen (secondary N) is 1. The van der Waals surface area contributed by atoms with Gasteiger partial charge in [-0.2, -0.15) is 0 Å². The fraction of sp³-hybridized carbons (Fsp3) is 0.200. The Morgan fingerprint density at radius 3 is 2.50 bits per heavy atom. The fourth-order valence-corrected chi connectivity index (χ4v) is 0.0722. The molecule has 0 aromatic carbocycles. The van der Waals surface area contributed by atoms with Gasteiger partial charge in [0.1, 0.15) is 0 Å². The molecule has 0 bridgehead atoms. The fourth-order valence-electron chi connectivity index (χ4n) is 0.0722. The minimum Gasteiger partial charge on any atom is -0.382 e. The molecule has 0 aliphatic carbocycles. The summed E-state index contributed by atoms with van der Waals surface area (Å²) < 4.78 is 0. The molecule has 1 nitrogen and oxygen atoms in total. The van der Waals surface area contributed by atoms with Crippen LogP contribution in [0.3, 0.4) is 0 Å².